The molecule has 0 unspecified atom stereocenters. The number of allylic oxidation sites excluding steroid dienone is 2. The summed E-state index contributed by atoms with van der Waals surface area (Å²) in [6.07, 6.45) is 48.3. The van der Waals surface area contributed by atoms with Crippen LogP contribution in [0.3, 0.4) is 0 Å². The first-order chi connectivity index (χ1) is 29.6. The Morgan fingerprint density at radius 1 is 0.467 bits per heavy atom. The van der Waals surface area contributed by atoms with Gasteiger partial charge in [-0.3, -0.25) is 0 Å². The van der Waals surface area contributed by atoms with Crippen LogP contribution in [0.25, 0.3) is 11.1 Å². The summed E-state index contributed by atoms with van der Waals surface area (Å²) in [5.41, 5.74) is 16.8. The summed E-state index contributed by atoms with van der Waals surface area (Å²) in [6, 6.07) is 18.1. The summed E-state index contributed by atoms with van der Waals surface area (Å²) in [4.78, 5) is 3.16. The van der Waals surface area contributed by atoms with Crippen molar-refractivity contribution < 1.29 is 19.2 Å². The Morgan fingerprint density at radius 2 is 0.817 bits per heavy atom. The molecule has 2 nitrogen and oxygen atoms in total. The minimum atomic E-state index is 0.940. The van der Waals surface area contributed by atoms with E-state index in [0.29, 0.717) is 0 Å². The Hall–Kier alpha value is -2.17. The zero-order chi connectivity index (χ0) is 43.4. The van der Waals surface area contributed by atoms with Gasteiger partial charge in [0, 0.05) is 0 Å². The van der Waals surface area contributed by atoms with Crippen LogP contribution in [0, 0.1) is 0 Å². The second-order valence-corrected chi connectivity index (χ2v) is 19.1. The molecule has 2 aromatic rings. The molecular formula is C57H96N2Ni. The van der Waals surface area contributed by atoms with Crippen LogP contribution in [0.15, 0.2) is 60.2 Å². The maximum absolute atomic E-state index is 9.07. The van der Waals surface area contributed by atoms with Crippen molar-refractivity contribution in [1.29, 1.82) is 0 Å². The van der Waals surface area contributed by atoms with E-state index in [1.165, 1.54) is 230 Å². The van der Waals surface area contributed by atoms with Gasteiger partial charge in [-0.15, -0.1) is 4.79 Å². The van der Waals surface area contributed by atoms with E-state index in [9.17, 15) is 0 Å². The van der Waals surface area contributed by atoms with Gasteiger partial charge in [-0.1, -0.05) is 122 Å². The predicted octanol–water partition coefficient (Wildman–Crippen LogP) is 19.5. The molecule has 0 aliphatic carbocycles. The van der Waals surface area contributed by atoms with Gasteiger partial charge in [-0.05, 0) is 71.9 Å². The first kappa shape index (κ1) is 55.9. The fourth-order valence-electron chi connectivity index (χ4n) is 8.10. The van der Waals surface area contributed by atoms with Crippen LogP contribution in [0.2, 0.25) is 10.8 Å². The van der Waals surface area contributed by atoms with Crippen molar-refractivity contribution in [2.24, 2.45) is 0 Å². The van der Waals surface area contributed by atoms with Crippen LogP contribution in [0.4, 0.5) is 0 Å². The number of aryl methyl sites for hydroxylation is 2. The number of benzene rings is 2. The second kappa shape index (κ2) is 43.5. The number of nitrogens with zero attached hydrogens (tertiary/aromatic N) is 2. The van der Waals surface area contributed by atoms with Gasteiger partial charge < -0.3 is 5.53 Å². The Bertz CT molecular complexity index is 1340. The van der Waals surface area contributed by atoms with E-state index in [1.807, 2.05) is 20.5 Å². The molecule has 0 spiro atoms. The third-order valence-electron chi connectivity index (χ3n) is 11.9. The van der Waals surface area contributed by atoms with Crippen LogP contribution in [0.5, 0.6) is 0 Å². The molecule has 0 bridgehead atoms. The monoisotopic (exact) mass is 867 g/mol. The van der Waals surface area contributed by atoms with Crippen LogP contribution in [-0.2, 0) is 27.3 Å². The maximum atomic E-state index is 9.07. The third kappa shape index (κ3) is 31.6. The molecule has 0 radical (unpaired) electrons. The minimum absolute atomic E-state index is 0.940. The molecule has 0 saturated heterocycles. The van der Waals surface area contributed by atoms with Crippen LogP contribution in [-0.4, -0.2) is 10.7 Å². The molecule has 0 saturated carbocycles. The van der Waals surface area contributed by atoms with Gasteiger partial charge in [0.1, 0.15) is 0 Å². The number of unbranched alkanes of at least 4 members (excludes halogenated alkanes) is 26. The standard InChI is InChI=1S/C31H42N2.2C13H27.Ni/c1-4-7-10-12-16-27-18-14-21-30(25-27)31(28(19-9-6-3)22-23-33-32)29-20-13-17-26(24-29)15-11-8-5-2;2*1-3-5-7-9-11-13-12-10-8-6-4-2;/h13-14,17-18,20-22,24-25H,4-12,15-16,19H2,1-3H3;2*1,3-13H2,2H3;. The van der Waals surface area contributed by atoms with Crippen molar-refractivity contribution in [1.82, 2.24) is 0 Å². The first-order valence-electron chi connectivity index (χ1n) is 25.9. The van der Waals surface area contributed by atoms with E-state index in [2.05, 4.69) is 93.8 Å². The summed E-state index contributed by atoms with van der Waals surface area (Å²) in [7, 11) is 0. The van der Waals surface area contributed by atoms with Crippen LogP contribution < -0.4 is 0 Å². The van der Waals surface area contributed by atoms with Crippen molar-refractivity contribution in [2.75, 3.05) is 0 Å². The molecule has 0 heterocycles. The molecule has 0 aliphatic rings. The Balaban J connectivity index is 0.000000614. The van der Waals surface area contributed by atoms with Gasteiger partial charge in [0.25, 0.3) is 5.87 Å². The van der Waals surface area contributed by atoms with Gasteiger partial charge in [-0.25, -0.2) is 0 Å². The summed E-state index contributed by atoms with van der Waals surface area (Å²) in [5.74, 6) is 2.69. The predicted molar refractivity (Wildman–Crippen MR) is 265 cm³/mol. The Labute approximate surface area is 380 Å². The van der Waals surface area contributed by atoms with E-state index in [4.69, 9.17) is 5.53 Å². The van der Waals surface area contributed by atoms with Crippen molar-refractivity contribution in [3.05, 3.63) is 88.0 Å². The normalized spacial score (nSPS) is 11.5. The molecule has 60 heavy (non-hydrogen) atoms. The average Bonchev–Trinajstić information content (AvgIpc) is 3.27. The molecule has 0 atom stereocenters. The topological polar surface area (TPSA) is 36.4 Å². The fourth-order valence-corrected chi connectivity index (χ4v) is 9.34. The molecule has 0 aromatic heterocycles. The van der Waals surface area contributed by atoms with Crippen molar-refractivity contribution in [3.63, 3.8) is 0 Å². The SMILES string of the molecule is CCCCCCCCCCCC[CH2][Ni][CH2]CCCCCCCCCCCC.CCCCCCc1cccc(C(=C(C=C=[N+]=[N-])CCCC)c2cccc(CCCCC)c2)c1. The number of rotatable bonds is 39. The van der Waals surface area contributed by atoms with Gasteiger partial charge >= 0.3 is 166 Å². The number of hydrogen-bond acceptors (Lipinski definition) is 0. The Kier molecular flexibility index (Phi) is 40.5. The van der Waals surface area contributed by atoms with E-state index >= 15 is 0 Å². The summed E-state index contributed by atoms with van der Waals surface area (Å²) < 4.78 is 0. The van der Waals surface area contributed by atoms with Crippen molar-refractivity contribution in [3.8, 4) is 0 Å². The zero-order valence-corrected chi connectivity index (χ0v) is 41.4. The summed E-state index contributed by atoms with van der Waals surface area (Å²) in [6.45, 7) is 11.3. The van der Waals surface area contributed by atoms with Gasteiger partial charge in [0.15, 0.2) is 0 Å². The molecule has 2 aromatic carbocycles. The molecular weight excluding hydrogens is 771 g/mol. The van der Waals surface area contributed by atoms with Crippen LogP contribution in [0.1, 0.15) is 262 Å². The van der Waals surface area contributed by atoms with E-state index in [1.54, 1.807) is 0 Å². The van der Waals surface area contributed by atoms with Crippen molar-refractivity contribution in [2.45, 2.75) is 264 Å². The van der Waals surface area contributed by atoms with Gasteiger partial charge in [0.2, 0.25) is 0 Å². The molecule has 3 heteroatoms. The molecule has 0 amide bonds. The quantitative estimate of drug-likeness (QED) is 0.0160. The van der Waals surface area contributed by atoms with Gasteiger partial charge in [-0.2, -0.15) is 0 Å². The molecule has 0 fully saturated rings. The average molecular weight is 868 g/mol. The first-order valence-corrected chi connectivity index (χ1v) is 27.3. The molecule has 344 valence electrons. The zero-order valence-electron chi connectivity index (χ0n) is 40.4. The molecule has 2 rings (SSSR count). The molecule has 0 N–H and O–H groups in total. The fraction of sp³-hybridized carbons (Fsp3) is 0.719. The Morgan fingerprint density at radius 3 is 1.22 bits per heavy atom. The second-order valence-electron chi connectivity index (χ2n) is 17.6. The van der Waals surface area contributed by atoms with Crippen molar-refractivity contribution >= 4 is 11.4 Å². The molecule has 0 aliphatic heterocycles. The summed E-state index contributed by atoms with van der Waals surface area (Å²) >= 11 is 2.03. The summed E-state index contributed by atoms with van der Waals surface area (Å²) in [5, 5.41) is 2.86. The number of hydrogen-bond donors (Lipinski definition) is 0. The van der Waals surface area contributed by atoms with Gasteiger partial charge in [0.05, 0.1) is 6.08 Å². The van der Waals surface area contributed by atoms with E-state index < -0.39 is 0 Å². The minimum Gasteiger partial charge on any atom is -0.348 e. The van der Waals surface area contributed by atoms with E-state index in [-0.39, 0.29) is 0 Å². The third-order valence-corrected chi connectivity index (χ3v) is 13.3. The van der Waals surface area contributed by atoms with E-state index in [0.717, 1.165) is 32.1 Å². The van der Waals surface area contributed by atoms with Crippen LogP contribution >= 0.6 is 0 Å². The smallest absolute Gasteiger partial charge is 0.348 e.